The number of halogens is 1. The van der Waals surface area contributed by atoms with Crippen molar-refractivity contribution in [3.8, 4) is 22.4 Å². The summed E-state index contributed by atoms with van der Waals surface area (Å²) in [5.41, 5.74) is 6.23. The number of ether oxygens (including phenoxy) is 3. The molecule has 8 heteroatoms. The number of carbonyl (C=O) groups is 2. The minimum Gasteiger partial charge on any atom is -0.469 e. The number of aldehydes is 1. The first-order valence-electron chi connectivity index (χ1n) is 14.9. The molecule has 232 valence electrons. The number of para-hydroxylation sites is 1. The predicted octanol–water partition coefficient (Wildman–Crippen LogP) is 7.71. The first-order valence-corrected chi connectivity index (χ1v) is 14.9. The molecule has 0 aliphatic carbocycles. The van der Waals surface area contributed by atoms with Crippen molar-refractivity contribution in [2.24, 2.45) is 0 Å². The van der Waals surface area contributed by atoms with E-state index in [4.69, 9.17) is 14.2 Å². The summed E-state index contributed by atoms with van der Waals surface area (Å²) in [5.74, 6) is -0.551. The van der Waals surface area contributed by atoms with Crippen molar-refractivity contribution in [1.29, 1.82) is 0 Å². The van der Waals surface area contributed by atoms with Crippen LogP contribution in [0.2, 0.25) is 0 Å². The summed E-state index contributed by atoms with van der Waals surface area (Å²) < 4.78 is 32.2. The van der Waals surface area contributed by atoms with Crippen molar-refractivity contribution in [2.75, 3.05) is 26.3 Å². The van der Waals surface area contributed by atoms with Crippen LogP contribution in [-0.4, -0.2) is 50.0 Å². The van der Waals surface area contributed by atoms with Gasteiger partial charge in [0.2, 0.25) is 0 Å². The van der Waals surface area contributed by atoms with Gasteiger partial charge in [-0.05, 0) is 59.9 Å². The topological polar surface area (TPSA) is 78.8 Å². The number of rotatable bonds is 10. The zero-order valence-electron chi connectivity index (χ0n) is 25.8. The molecule has 0 spiro atoms. The first kappa shape index (κ1) is 32.6. The van der Waals surface area contributed by atoms with Crippen LogP contribution in [0.25, 0.3) is 22.4 Å². The Kier molecular flexibility index (Phi) is 11.9. The van der Waals surface area contributed by atoms with Gasteiger partial charge < -0.3 is 24.1 Å². The Hall–Kier alpha value is -4.27. The molecule has 1 saturated heterocycles. The van der Waals surface area contributed by atoms with Gasteiger partial charge >= 0.3 is 5.97 Å². The second-order valence-corrected chi connectivity index (χ2v) is 10.9. The Labute approximate surface area is 259 Å². The fourth-order valence-corrected chi connectivity index (χ4v) is 5.59. The van der Waals surface area contributed by atoms with E-state index in [1.165, 1.54) is 19.2 Å². The molecule has 44 heavy (non-hydrogen) atoms. The number of anilines is 1. The second kappa shape index (κ2) is 16.0. The van der Waals surface area contributed by atoms with Crippen molar-refractivity contribution in [2.45, 2.75) is 57.8 Å². The van der Waals surface area contributed by atoms with E-state index in [9.17, 15) is 14.0 Å². The molecule has 0 bridgehead atoms. The van der Waals surface area contributed by atoms with Crippen molar-refractivity contribution in [3.05, 3.63) is 102 Å². The highest BCUT2D eigenvalue weighted by atomic mass is 19.1. The minimum absolute atomic E-state index is 0.0736. The molecule has 3 aromatic carbocycles. The van der Waals surface area contributed by atoms with Crippen LogP contribution in [0, 0.1) is 5.82 Å². The molecule has 7 nitrogen and oxygen atoms in total. The van der Waals surface area contributed by atoms with Gasteiger partial charge in [0.15, 0.2) is 6.29 Å². The molecule has 0 amide bonds. The van der Waals surface area contributed by atoms with Crippen LogP contribution in [0.3, 0.4) is 0 Å². The van der Waals surface area contributed by atoms with Crippen LogP contribution >= 0.6 is 0 Å². The first-order chi connectivity index (χ1) is 21.4. The summed E-state index contributed by atoms with van der Waals surface area (Å²) in [4.78, 5) is 24.2. The van der Waals surface area contributed by atoms with E-state index in [0.717, 1.165) is 40.1 Å². The third kappa shape index (κ3) is 8.21. The summed E-state index contributed by atoms with van der Waals surface area (Å²) in [5, 5.41) is 3.03. The van der Waals surface area contributed by atoms with Crippen LogP contribution in [0.15, 0.2) is 84.9 Å². The highest BCUT2D eigenvalue weighted by molar-refractivity contribution is 5.97. The predicted molar refractivity (Wildman–Crippen MR) is 171 cm³/mol. The third-order valence-electron chi connectivity index (χ3n) is 7.68. The van der Waals surface area contributed by atoms with E-state index < -0.39 is 0 Å². The minimum atomic E-state index is -0.315. The van der Waals surface area contributed by atoms with Gasteiger partial charge in [-0.2, -0.15) is 0 Å². The molecular weight excluding hydrogens is 559 g/mol. The number of carbonyl (C=O) groups excluding carboxylic acids is 2. The van der Waals surface area contributed by atoms with Gasteiger partial charge in [-0.3, -0.25) is 9.59 Å². The average Bonchev–Trinajstić information content (AvgIpc) is 3.40. The van der Waals surface area contributed by atoms with E-state index in [0.29, 0.717) is 24.9 Å². The summed E-state index contributed by atoms with van der Waals surface area (Å²) in [7, 11) is 3.28. The van der Waals surface area contributed by atoms with Gasteiger partial charge in [-0.1, -0.05) is 62.4 Å². The number of aromatic nitrogens is 1. The normalized spacial score (nSPS) is 16.1. The monoisotopic (exact) mass is 600 g/mol. The lowest BCUT2D eigenvalue weighted by molar-refractivity contribution is -0.184. The average molecular weight is 601 g/mol. The van der Waals surface area contributed by atoms with E-state index in [-0.39, 0.29) is 43.1 Å². The zero-order chi connectivity index (χ0) is 31.5. The highest BCUT2D eigenvalue weighted by Crippen LogP contribution is 2.41. The number of methoxy groups -OCH3 is 1. The van der Waals surface area contributed by atoms with Crippen molar-refractivity contribution >= 4 is 17.9 Å². The molecule has 1 N–H and O–H groups in total. The maximum atomic E-state index is 13.8. The second-order valence-electron chi connectivity index (χ2n) is 10.9. The summed E-state index contributed by atoms with van der Waals surface area (Å²) >= 11 is 0. The molecule has 1 fully saturated rings. The van der Waals surface area contributed by atoms with E-state index >= 15 is 0 Å². The van der Waals surface area contributed by atoms with E-state index in [1.807, 2.05) is 67.7 Å². The lowest BCUT2D eigenvalue weighted by atomic mass is 9.96. The molecule has 0 radical (unpaired) electrons. The van der Waals surface area contributed by atoms with Gasteiger partial charge in [0, 0.05) is 42.5 Å². The van der Waals surface area contributed by atoms with E-state index in [1.54, 1.807) is 12.1 Å². The number of benzene rings is 3. The number of hydrogen-bond acceptors (Lipinski definition) is 6. The van der Waals surface area contributed by atoms with Gasteiger partial charge in [0.05, 0.1) is 31.4 Å². The summed E-state index contributed by atoms with van der Waals surface area (Å²) in [6, 6.07) is 26.3. The van der Waals surface area contributed by atoms with Crippen LogP contribution < -0.4 is 5.32 Å². The van der Waals surface area contributed by atoms with Gasteiger partial charge in [-0.15, -0.1) is 0 Å². The summed E-state index contributed by atoms with van der Waals surface area (Å²) in [6.07, 6.45) is 1.98. The summed E-state index contributed by atoms with van der Waals surface area (Å²) in [6.45, 7) is 4.84. The van der Waals surface area contributed by atoms with Crippen LogP contribution in [0.5, 0.6) is 0 Å². The fraction of sp³-hybridized carbons (Fsp3) is 0.333. The van der Waals surface area contributed by atoms with Crippen LogP contribution in [-0.2, 0) is 25.5 Å². The van der Waals surface area contributed by atoms with Crippen LogP contribution in [0.4, 0.5) is 10.1 Å². The van der Waals surface area contributed by atoms with Gasteiger partial charge in [0.1, 0.15) is 12.6 Å². The number of hydrogen-bond donors (Lipinski definition) is 1. The fourth-order valence-electron chi connectivity index (χ4n) is 5.59. The SMILES string of the molecule is CNc1ccccc1.COC(=O)CC1CC(CCn2c(-c3ccc(F)cc3)c(-c3ccccc3)c(C=O)c2C(C)C)OCO1. The lowest BCUT2D eigenvalue weighted by Crippen LogP contribution is -2.33. The Morgan fingerprint density at radius 2 is 1.61 bits per heavy atom. The van der Waals surface area contributed by atoms with Gasteiger partial charge in [-0.25, -0.2) is 4.39 Å². The Morgan fingerprint density at radius 3 is 2.18 bits per heavy atom. The van der Waals surface area contributed by atoms with Gasteiger partial charge in [0.25, 0.3) is 0 Å². The Morgan fingerprint density at radius 1 is 0.977 bits per heavy atom. The third-order valence-corrected chi connectivity index (χ3v) is 7.68. The smallest absolute Gasteiger partial charge is 0.308 e. The lowest BCUT2D eigenvalue weighted by Gasteiger charge is -2.30. The molecule has 2 unspecified atom stereocenters. The standard InChI is InChI=1S/C29H32FNO5.C7H9N/c1-19(2)28-25(17-32)27(20-7-5-4-6-8-20)29(21-9-11-22(30)12-10-21)31(28)14-13-23-15-24(36-18-35-23)16-26(33)34-3;1-8-7-5-3-2-4-6-7/h4-12,17,19,23-24H,13-16,18H2,1-3H3;2-6,8H,1H3. The quantitative estimate of drug-likeness (QED) is 0.148. The molecule has 1 aromatic heterocycles. The molecule has 2 atom stereocenters. The van der Waals surface area contributed by atoms with Crippen molar-refractivity contribution in [3.63, 3.8) is 0 Å². The van der Waals surface area contributed by atoms with Crippen LogP contribution in [0.1, 0.15) is 55.1 Å². The Bertz CT molecular complexity index is 1490. The largest absolute Gasteiger partial charge is 0.469 e. The number of nitrogens with zero attached hydrogens (tertiary/aromatic N) is 1. The molecule has 2 heterocycles. The van der Waals surface area contributed by atoms with E-state index in [2.05, 4.69) is 23.7 Å². The molecule has 1 aliphatic rings. The molecule has 4 aromatic rings. The molecule has 1 aliphatic heterocycles. The molecule has 5 rings (SSSR count). The number of esters is 1. The van der Waals surface area contributed by atoms with Crippen molar-refractivity contribution < 1.29 is 28.2 Å². The molecule has 0 saturated carbocycles. The maximum Gasteiger partial charge on any atom is 0.308 e. The Balaban J connectivity index is 0.000000479. The maximum absolute atomic E-state index is 13.8. The van der Waals surface area contributed by atoms with Crippen molar-refractivity contribution in [1.82, 2.24) is 4.57 Å². The highest BCUT2D eigenvalue weighted by Gasteiger charge is 2.29. The molecular formula is C36H41FN2O5. The number of nitrogens with one attached hydrogen (secondary N) is 1. The zero-order valence-corrected chi connectivity index (χ0v) is 25.8.